The summed E-state index contributed by atoms with van der Waals surface area (Å²) in [6.07, 6.45) is 9.08. The fourth-order valence-corrected chi connectivity index (χ4v) is 7.68. The number of aromatic nitrogens is 5. The molecule has 2 saturated heterocycles. The molecule has 2 fully saturated rings. The summed E-state index contributed by atoms with van der Waals surface area (Å²) in [6, 6.07) is 7.65. The first kappa shape index (κ1) is 32.3. The van der Waals surface area contributed by atoms with Crippen LogP contribution >= 0.6 is 11.6 Å². The number of carbonyl (C=O) groups is 1. The number of nitrogens with zero attached hydrogens (tertiary/aromatic N) is 7. The van der Waals surface area contributed by atoms with Crippen LogP contribution in [0.1, 0.15) is 46.5 Å². The molecule has 13 heteroatoms. The average molecular weight is 663 g/mol. The van der Waals surface area contributed by atoms with Crippen LogP contribution in [-0.4, -0.2) is 68.8 Å². The summed E-state index contributed by atoms with van der Waals surface area (Å²) >= 11 is 6.99. The Balaban J connectivity index is 1.31. The third kappa shape index (κ3) is 6.87. The largest absolute Gasteiger partial charge is 0.444 e. The van der Waals surface area contributed by atoms with Crippen LogP contribution in [0.15, 0.2) is 30.7 Å². The number of halogens is 1. The molecule has 245 valence electrons. The van der Waals surface area contributed by atoms with Crippen molar-refractivity contribution in [1.29, 1.82) is 5.26 Å². The minimum Gasteiger partial charge on any atom is -0.444 e. The van der Waals surface area contributed by atoms with Crippen LogP contribution in [-0.2, 0) is 22.7 Å². The molecule has 0 saturated carbocycles. The molecule has 1 amide bonds. The van der Waals surface area contributed by atoms with Crippen molar-refractivity contribution in [3.8, 4) is 17.2 Å². The second kappa shape index (κ2) is 12.5. The zero-order valence-electron chi connectivity index (χ0n) is 27.5. The number of carbonyl (C=O) groups excluding carboxylic acids is 1. The number of hydrogen-bond acceptors (Lipinski definition) is 8. The van der Waals surface area contributed by atoms with Crippen molar-refractivity contribution < 1.29 is 14.3 Å². The maximum absolute atomic E-state index is 12.5. The van der Waals surface area contributed by atoms with Gasteiger partial charge in [0.15, 0.2) is 5.65 Å². The average Bonchev–Trinajstić information content (AvgIpc) is 3.62. The molecular weight excluding hydrogens is 620 g/mol. The second-order valence-corrected chi connectivity index (χ2v) is 20.7. The summed E-state index contributed by atoms with van der Waals surface area (Å²) < 4.78 is 15.3. The molecule has 0 aliphatic carbocycles. The molecule has 2 atom stereocenters. The number of fused-ring (bicyclic) bond motifs is 4. The highest BCUT2D eigenvalue weighted by Crippen LogP contribution is 2.41. The number of piperidine rings is 1. The van der Waals surface area contributed by atoms with Gasteiger partial charge in [0.1, 0.15) is 30.2 Å². The summed E-state index contributed by atoms with van der Waals surface area (Å²) in [6.45, 7) is 13.9. The highest BCUT2D eigenvalue weighted by molar-refractivity contribution is 6.76. The van der Waals surface area contributed by atoms with Crippen molar-refractivity contribution in [3.63, 3.8) is 0 Å². The van der Waals surface area contributed by atoms with Gasteiger partial charge in [0, 0.05) is 53.6 Å². The topological polar surface area (TPSA) is 123 Å². The van der Waals surface area contributed by atoms with Crippen LogP contribution in [0.4, 0.5) is 10.6 Å². The number of nitrogens with one attached hydrogen (secondary N) is 1. The molecule has 11 nitrogen and oxygen atoms in total. The number of anilines is 1. The number of nitriles is 1. The van der Waals surface area contributed by atoms with E-state index < -0.39 is 13.7 Å². The zero-order valence-corrected chi connectivity index (χ0v) is 29.3. The van der Waals surface area contributed by atoms with E-state index in [2.05, 4.69) is 41.0 Å². The maximum atomic E-state index is 12.5. The van der Waals surface area contributed by atoms with Gasteiger partial charge in [0.05, 0.1) is 22.8 Å². The van der Waals surface area contributed by atoms with E-state index in [1.54, 1.807) is 4.68 Å². The summed E-state index contributed by atoms with van der Waals surface area (Å²) in [5, 5.41) is 18.1. The van der Waals surface area contributed by atoms with Gasteiger partial charge in [-0.25, -0.2) is 14.8 Å². The molecule has 2 bridgehead atoms. The Kier molecular flexibility index (Phi) is 8.78. The fourth-order valence-electron chi connectivity index (χ4n) is 6.61. The number of alkyl carbamates (subject to hydrolysis) is 1. The smallest absolute Gasteiger partial charge is 0.407 e. The minimum atomic E-state index is -1.25. The lowest BCUT2D eigenvalue weighted by Crippen LogP contribution is -2.51. The van der Waals surface area contributed by atoms with Crippen molar-refractivity contribution in [2.75, 3.05) is 11.5 Å². The number of rotatable bonds is 9. The Morgan fingerprint density at radius 3 is 2.57 bits per heavy atom. The molecule has 6 rings (SSSR count). The number of benzene rings is 1. The molecule has 4 aromatic rings. The van der Waals surface area contributed by atoms with Gasteiger partial charge in [0.2, 0.25) is 0 Å². The first-order chi connectivity index (χ1) is 21.8. The molecule has 2 unspecified atom stereocenters. The number of ether oxygens (including phenoxy) is 2. The summed E-state index contributed by atoms with van der Waals surface area (Å²) in [4.78, 5) is 25.1. The van der Waals surface area contributed by atoms with Gasteiger partial charge in [-0.15, -0.1) is 14.1 Å². The summed E-state index contributed by atoms with van der Waals surface area (Å²) in [5.41, 5.74) is 3.38. The van der Waals surface area contributed by atoms with Crippen LogP contribution in [0, 0.1) is 11.3 Å². The van der Waals surface area contributed by atoms with E-state index in [0.29, 0.717) is 18.4 Å². The van der Waals surface area contributed by atoms with Gasteiger partial charge < -0.3 is 24.3 Å². The quantitative estimate of drug-likeness (QED) is 0.151. The van der Waals surface area contributed by atoms with E-state index in [4.69, 9.17) is 36.3 Å². The van der Waals surface area contributed by atoms with Crippen molar-refractivity contribution in [2.24, 2.45) is 0 Å². The summed E-state index contributed by atoms with van der Waals surface area (Å²) in [5.74, 6) is 0.836. The first-order valence-corrected chi connectivity index (χ1v) is 20.1. The number of amides is 1. The SMILES string of the molecule is CC(C)(C)OC(=O)NC1CC2CCC(C1)N2c1cnc2c(-c3ccc4nn(CC#N)cc4c3Cl)cn(COCC[Si-](C)(C)C)c2n1. The van der Waals surface area contributed by atoms with Crippen molar-refractivity contribution in [3.05, 3.63) is 35.7 Å². The molecule has 2 aliphatic rings. The molecule has 0 spiro atoms. The highest BCUT2D eigenvalue weighted by atomic mass is 35.5. The normalized spacial score (nSPS) is 20.0. The molecular formula is C33H43ClN8O3Si-. The van der Waals surface area contributed by atoms with E-state index in [0.717, 1.165) is 70.7 Å². The fraction of sp³-hybridized carbons (Fsp3) is 0.545. The minimum absolute atomic E-state index is 0.0603. The lowest BCUT2D eigenvalue weighted by molar-refractivity contribution is 0.0492. The van der Waals surface area contributed by atoms with Gasteiger partial charge in [-0.05, 0) is 52.5 Å². The predicted molar refractivity (Wildman–Crippen MR) is 183 cm³/mol. The van der Waals surface area contributed by atoms with Crippen LogP contribution in [0.25, 0.3) is 33.2 Å². The van der Waals surface area contributed by atoms with Crippen LogP contribution in [0.2, 0.25) is 30.7 Å². The van der Waals surface area contributed by atoms with Crippen LogP contribution < -0.4 is 10.2 Å². The molecule has 1 N–H and O–H groups in total. The third-order valence-electron chi connectivity index (χ3n) is 8.69. The van der Waals surface area contributed by atoms with Crippen LogP contribution in [0.5, 0.6) is 0 Å². The molecule has 1 aromatic carbocycles. The lowest BCUT2D eigenvalue weighted by atomic mass is 9.97. The van der Waals surface area contributed by atoms with Crippen molar-refractivity contribution >= 4 is 53.7 Å². The van der Waals surface area contributed by atoms with Gasteiger partial charge in [-0.2, -0.15) is 30.0 Å². The van der Waals surface area contributed by atoms with E-state index in [1.807, 2.05) is 56.1 Å². The number of hydrogen-bond donors (Lipinski definition) is 1. The van der Waals surface area contributed by atoms with E-state index in [9.17, 15) is 4.79 Å². The Morgan fingerprint density at radius 2 is 1.89 bits per heavy atom. The molecule has 0 radical (unpaired) electrons. The van der Waals surface area contributed by atoms with E-state index in [1.165, 1.54) is 0 Å². The molecule has 2 aliphatic heterocycles. The molecule has 3 aromatic heterocycles. The Morgan fingerprint density at radius 1 is 1.15 bits per heavy atom. The van der Waals surface area contributed by atoms with Gasteiger partial charge in [-0.1, -0.05) is 17.7 Å². The van der Waals surface area contributed by atoms with E-state index in [-0.39, 0.29) is 30.8 Å². The van der Waals surface area contributed by atoms with Gasteiger partial charge >= 0.3 is 6.09 Å². The van der Waals surface area contributed by atoms with Crippen molar-refractivity contribution in [1.82, 2.24) is 29.6 Å². The monoisotopic (exact) mass is 662 g/mol. The Labute approximate surface area is 275 Å². The molecule has 46 heavy (non-hydrogen) atoms. The van der Waals surface area contributed by atoms with Crippen LogP contribution in [0.3, 0.4) is 0 Å². The van der Waals surface area contributed by atoms with Gasteiger partial charge in [0.25, 0.3) is 0 Å². The standard InChI is InChI=1S/C33H43ClN8O3Si/c1-33(2,3)45-32(43)37-21-15-22-7-8-23(16-21)42(22)28-17-36-30-25(18-40(31(30)38-28)20-44-13-14-46(4,5)6)24-9-10-27-26(29(24)34)19-41(39-27)12-11-35/h9-10,17-19,21-23H,7-8,12-16,20H2,1-6H3,(H,37,43)/q-1. The third-order valence-corrected chi connectivity index (χ3v) is 10.8. The highest BCUT2D eigenvalue weighted by Gasteiger charge is 2.42. The van der Waals surface area contributed by atoms with E-state index >= 15 is 0 Å². The summed E-state index contributed by atoms with van der Waals surface area (Å²) in [7, 11) is -1.25. The Bertz CT molecular complexity index is 1790. The van der Waals surface area contributed by atoms with Crippen molar-refractivity contribution in [2.45, 2.75) is 109 Å². The Hall–Kier alpha value is -3.66. The second-order valence-electron chi connectivity index (χ2n) is 14.7. The predicted octanol–water partition coefficient (Wildman–Crippen LogP) is 6.96. The first-order valence-electron chi connectivity index (χ1n) is 16.0. The van der Waals surface area contributed by atoms with Gasteiger partial charge in [-0.3, -0.25) is 4.68 Å². The zero-order chi connectivity index (χ0) is 32.8. The maximum Gasteiger partial charge on any atom is 0.407 e. The molecule has 5 heterocycles. The lowest BCUT2D eigenvalue weighted by Gasteiger charge is -2.39.